The summed E-state index contributed by atoms with van der Waals surface area (Å²) in [6.07, 6.45) is 4.39. The third-order valence-corrected chi connectivity index (χ3v) is 2.65. The predicted octanol–water partition coefficient (Wildman–Crippen LogP) is 1.89. The monoisotopic (exact) mass is 163 g/mol. The zero-order valence-corrected chi connectivity index (χ0v) is 7.21. The molecule has 0 spiro atoms. The van der Waals surface area contributed by atoms with Gasteiger partial charge in [0.15, 0.2) is 0 Å². The van der Waals surface area contributed by atoms with Gasteiger partial charge in [-0.2, -0.15) is 0 Å². The van der Waals surface area contributed by atoms with Gasteiger partial charge in [-0.1, -0.05) is 6.92 Å². The molecule has 2 heteroatoms. The van der Waals surface area contributed by atoms with E-state index in [-0.39, 0.29) is 5.56 Å². The smallest absolute Gasteiger partial charge is 0.248 e. The van der Waals surface area contributed by atoms with Crippen molar-refractivity contribution < 1.29 is 0 Å². The molecule has 1 saturated carbocycles. The van der Waals surface area contributed by atoms with Gasteiger partial charge < -0.3 is 4.98 Å². The molecule has 2 rings (SSSR count). The van der Waals surface area contributed by atoms with Crippen molar-refractivity contribution in [1.29, 1.82) is 0 Å². The lowest BCUT2D eigenvalue weighted by Gasteiger charge is -2.08. The number of hydrogen-bond acceptors (Lipinski definition) is 1. The van der Waals surface area contributed by atoms with Gasteiger partial charge in [-0.25, -0.2) is 0 Å². The molecule has 0 bridgehead atoms. The molecule has 12 heavy (non-hydrogen) atoms. The molecule has 0 amide bonds. The van der Waals surface area contributed by atoms with Gasteiger partial charge in [0, 0.05) is 12.3 Å². The summed E-state index contributed by atoms with van der Waals surface area (Å²) in [4.78, 5) is 13.6. The van der Waals surface area contributed by atoms with Crippen molar-refractivity contribution in [3.63, 3.8) is 0 Å². The van der Waals surface area contributed by atoms with Gasteiger partial charge >= 0.3 is 0 Å². The molecule has 0 radical (unpaired) electrons. The first-order chi connectivity index (χ1) is 5.77. The van der Waals surface area contributed by atoms with Crippen molar-refractivity contribution in [1.82, 2.24) is 4.98 Å². The summed E-state index contributed by atoms with van der Waals surface area (Å²) < 4.78 is 0. The number of nitrogens with one attached hydrogen (secondary N) is 1. The van der Waals surface area contributed by atoms with Crippen LogP contribution in [0, 0.1) is 5.92 Å². The maximum absolute atomic E-state index is 11.0. The first-order valence-electron chi connectivity index (χ1n) is 4.46. The van der Waals surface area contributed by atoms with Gasteiger partial charge in [-0.3, -0.25) is 4.79 Å². The van der Waals surface area contributed by atoms with E-state index in [0.29, 0.717) is 5.92 Å². The lowest BCUT2D eigenvalue weighted by Crippen LogP contribution is -2.06. The number of rotatable bonds is 2. The molecule has 2 nitrogen and oxygen atoms in total. The highest BCUT2D eigenvalue weighted by Crippen LogP contribution is 2.41. The fourth-order valence-corrected chi connectivity index (χ4v) is 1.61. The van der Waals surface area contributed by atoms with Gasteiger partial charge in [0.25, 0.3) is 0 Å². The Labute approximate surface area is 71.6 Å². The van der Waals surface area contributed by atoms with E-state index in [1.165, 1.54) is 18.4 Å². The van der Waals surface area contributed by atoms with Crippen molar-refractivity contribution in [3.05, 3.63) is 34.2 Å². The standard InChI is InChI=1S/C10H13NO/c1-7(8-2-3-8)9-4-5-11-10(12)6-9/h4-8H,2-3H2,1H3,(H,11,12)/t7-/m0/s1. The molecule has 1 heterocycles. The highest BCUT2D eigenvalue weighted by molar-refractivity contribution is 5.17. The maximum atomic E-state index is 11.0. The Bertz CT molecular complexity index is 325. The molecule has 1 N–H and O–H groups in total. The van der Waals surface area contributed by atoms with E-state index < -0.39 is 0 Å². The van der Waals surface area contributed by atoms with E-state index in [0.717, 1.165) is 5.92 Å². The Morgan fingerprint density at radius 3 is 2.92 bits per heavy atom. The Morgan fingerprint density at radius 1 is 1.58 bits per heavy atom. The predicted molar refractivity (Wildman–Crippen MR) is 48.2 cm³/mol. The Morgan fingerprint density at radius 2 is 2.33 bits per heavy atom. The molecule has 0 aliphatic heterocycles. The van der Waals surface area contributed by atoms with Gasteiger partial charge in [-0.05, 0) is 36.3 Å². The zero-order valence-electron chi connectivity index (χ0n) is 7.21. The molecule has 1 aromatic heterocycles. The van der Waals surface area contributed by atoms with Crippen LogP contribution in [0.1, 0.15) is 31.2 Å². The summed E-state index contributed by atoms with van der Waals surface area (Å²) in [5.41, 5.74) is 1.20. The number of aromatic nitrogens is 1. The van der Waals surface area contributed by atoms with Crippen molar-refractivity contribution in [3.8, 4) is 0 Å². The molecule has 64 valence electrons. The van der Waals surface area contributed by atoms with E-state index in [4.69, 9.17) is 0 Å². The number of hydrogen-bond donors (Lipinski definition) is 1. The van der Waals surface area contributed by atoms with Crippen LogP contribution in [0.3, 0.4) is 0 Å². The van der Waals surface area contributed by atoms with E-state index in [1.54, 1.807) is 12.3 Å². The summed E-state index contributed by atoms with van der Waals surface area (Å²) >= 11 is 0. The summed E-state index contributed by atoms with van der Waals surface area (Å²) in [5, 5.41) is 0. The summed E-state index contributed by atoms with van der Waals surface area (Å²) in [7, 11) is 0. The second-order valence-electron chi connectivity index (χ2n) is 3.61. The van der Waals surface area contributed by atoms with Crippen molar-refractivity contribution in [2.45, 2.75) is 25.7 Å². The SMILES string of the molecule is C[C@H](c1cc[nH]c(=O)c1)C1CC1. The van der Waals surface area contributed by atoms with Gasteiger partial charge in [0.1, 0.15) is 0 Å². The third-order valence-electron chi connectivity index (χ3n) is 2.65. The van der Waals surface area contributed by atoms with Crippen molar-refractivity contribution in [2.75, 3.05) is 0 Å². The van der Waals surface area contributed by atoms with Crippen molar-refractivity contribution >= 4 is 0 Å². The third kappa shape index (κ3) is 1.42. The lowest BCUT2D eigenvalue weighted by molar-refractivity contribution is 0.662. The summed E-state index contributed by atoms with van der Waals surface area (Å²) in [6, 6.07) is 3.72. The van der Waals surface area contributed by atoms with Crippen LogP contribution in [-0.4, -0.2) is 4.98 Å². The second-order valence-corrected chi connectivity index (χ2v) is 3.61. The normalized spacial score (nSPS) is 19.1. The molecular formula is C10H13NO. The molecule has 1 atom stereocenters. The fourth-order valence-electron chi connectivity index (χ4n) is 1.61. The Balaban J connectivity index is 2.26. The average molecular weight is 163 g/mol. The van der Waals surface area contributed by atoms with Crippen molar-refractivity contribution in [2.24, 2.45) is 5.92 Å². The Kier molecular flexibility index (Phi) is 1.75. The van der Waals surface area contributed by atoms with Gasteiger partial charge in [-0.15, -0.1) is 0 Å². The minimum atomic E-state index is 0.0139. The number of pyridine rings is 1. The van der Waals surface area contributed by atoms with Crippen LogP contribution in [0.4, 0.5) is 0 Å². The zero-order chi connectivity index (χ0) is 8.55. The summed E-state index contributed by atoms with van der Waals surface area (Å²) in [6.45, 7) is 2.20. The maximum Gasteiger partial charge on any atom is 0.248 e. The molecule has 0 unspecified atom stereocenters. The van der Waals surface area contributed by atoms with Crippen LogP contribution >= 0.6 is 0 Å². The first kappa shape index (κ1) is 7.59. The molecule has 1 aliphatic rings. The minimum absolute atomic E-state index is 0.0139. The summed E-state index contributed by atoms with van der Waals surface area (Å²) in [5.74, 6) is 1.39. The van der Waals surface area contributed by atoms with Crippen LogP contribution in [0.25, 0.3) is 0 Å². The first-order valence-corrected chi connectivity index (χ1v) is 4.46. The van der Waals surface area contributed by atoms with E-state index in [2.05, 4.69) is 11.9 Å². The topological polar surface area (TPSA) is 32.9 Å². The molecule has 1 aliphatic carbocycles. The molecular weight excluding hydrogens is 150 g/mol. The van der Waals surface area contributed by atoms with Crippen LogP contribution in [0.5, 0.6) is 0 Å². The average Bonchev–Trinajstić information content (AvgIpc) is 2.85. The van der Waals surface area contributed by atoms with E-state index in [1.807, 2.05) is 6.07 Å². The van der Waals surface area contributed by atoms with E-state index >= 15 is 0 Å². The Hall–Kier alpha value is -1.05. The quantitative estimate of drug-likeness (QED) is 0.709. The van der Waals surface area contributed by atoms with Gasteiger partial charge in [0.05, 0.1) is 0 Å². The van der Waals surface area contributed by atoms with Crippen LogP contribution in [0.2, 0.25) is 0 Å². The lowest BCUT2D eigenvalue weighted by atomic mass is 9.98. The van der Waals surface area contributed by atoms with Crippen LogP contribution in [-0.2, 0) is 0 Å². The van der Waals surface area contributed by atoms with Gasteiger partial charge in [0.2, 0.25) is 5.56 Å². The molecule has 0 aromatic carbocycles. The highest BCUT2D eigenvalue weighted by Gasteiger charge is 2.28. The number of H-pyrrole nitrogens is 1. The largest absolute Gasteiger partial charge is 0.329 e. The fraction of sp³-hybridized carbons (Fsp3) is 0.500. The van der Waals surface area contributed by atoms with Crippen LogP contribution in [0.15, 0.2) is 23.1 Å². The molecule has 1 aromatic rings. The highest BCUT2D eigenvalue weighted by atomic mass is 16.1. The minimum Gasteiger partial charge on any atom is -0.329 e. The van der Waals surface area contributed by atoms with Crippen LogP contribution < -0.4 is 5.56 Å². The number of aromatic amines is 1. The molecule has 1 fully saturated rings. The van der Waals surface area contributed by atoms with E-state index in [9.17, 15) is 4.79 Å². The molecule has 0 saturated heterocycles. The second kappa shape index (κ2) is 2.77.